The Morgan fingerprint density at radius 1 is 0.528 bits per heavy atom. The lowest BCUT2D eigenvalue weighted by atomic mass is 10.0. The molecular weight excluding hydrogens is 911 g/mol. The number of piperidine rings is 2. The summed E-state index contributed by atoms with van der Waals surface area (Å²) in [4.78, 5) is 33.4. The number of fused-ring (bicyclic) bond motifs is 2. The van der Waals surface area contributed by atoms with Crippen molar-refractivity contribution >= 4 is 45.3 Å². The molecule has 0 spiro atoms. The molecule has 6 saturated heterocycles. The van der Waals surface area contributed by atoms with Crippen LogP contribution in [0.3, 0.4) is 0 Å². The van der Waals surface area contributed by atoms with E-state index in [2.05, 4.69) is 67.8 Å². The number of hydrogen-bond acceptors (Lipinski definition) is 14. The van der Waals surface area contributed by atoms with Crippen molar-refractivity contribution < 1.29 is 18.3 Å². The molecule has 0 amide bonds. The molecule has 0 radical (unpaired) electrons. The maximum absolute atomic E-state index is 14.0. The van der Waals surface area contributed by atoms with Crippen molar-refractivity contribution in [3.05, 3.63) is 35.4 Å². The Bertz CT molecular complexity index is 2380. The second kappa shape index (κ2) is 25.1. The number of nitrogens with zero attached hydrogens (tertiary/aromatic N) is 10. The highest BCUT2D eigenvalue weighted by atomic mass is 19.1. The van der Waals surface area contributed by atoms with Gasteiger partial charge in [-0.05, 0) is 128 Å². The first-order valence-corrected chi connectivity index (χ1v) is 27.2. The molecule has 10 rings (SSSR count). The lowest BCUT2D eigenvalue weighted by Gasteiger charge is -2.32. The minimum Gasteiger partial charge on any atom is -0.495 e. The zero-order chi connectivity index (χ0) is 49.8. The second-order valence-electron chi connectivity index (χ2n) is 20.5. The number of aromatic nitrogens is 4. The molecule has 0 unspecified atom stereocenters. The highest BCUT2D eigenvalue weighted by Crippen LogP contribution is 2.35. The van der Waals surface area contributed by atoms with E-state index in [-0.39, 0.29) is 0 Å². The van der Waals surface area contributed by atoms with E-state index in [1.54, 1.807) is 14.2 Å². The molecule has 72 heavy (non-hydrogen) atoms. The van der Waals surface area contributed by atoms with E-state index in [0.717, 1.165) is 147 Å². The van der Waals surface area contributed by atoms with Gasteiger partial charge in [-0.2, -0.15) is 9.97 Å². The Labute approximate surface area is 427 Å². The molecule has 14 nitrogen and oxygen atoms in total. The zero-order valence-electron chi connectivity index (χ0n) is 43.5. The molecule has 8 heterocycles. The largest absolute Gasteiger partial charge is 0.495 e. The van der Waals surface area contributed by atoms with Crippen LogP contribution in [0.15, 0.2) is 24.3 Å². The molecule has 6 fully saturated rings. The maximum Gasteiger partial charge on any atom is 0.227 e. The average Bonchev–Trinajstić information content (AvgIpc) is 4.27. The van der Waals surface area contributed by atoms with E-state index in [0.29, 0.717) is 63.0 Å². The van der Waals surface area contributed by atoms with Crippen LogP contribution < -0.4 is 29.9 Å². The molecule has 16 heteroatoms. The highest BCUT2D eigenvalue weighted by molar-refractivity contribution is 5.94. The summed E-state index contributed by atoms with van der Waals surface area (Å²) < 4.78 is 39.5. The topological polar surface area (TPSA) is 114 Å². The van der Waals surface area contributed by atoms with E-state index >= 15 is 0 Å². The molecule has 0 saturated carbocycles. The van der Waals surface area contributed by atoms with Crippen molar-refractivity contribution in [1.82, 2.24) is 39.5 Å². The third-order valence-corrected chi connectivity index (χ3v) is 15.5. The van der Waals surface area contributed by atoms with Gasteiger partial charge in [0.15, 0.2) is 0 Å². The number of methoxy groups -OCH3 is 2. The molecule has 6 aliphatic rings. The van der Waals surface area contributed by atoms with E-state index in [1.807, 2.05) is 34.1 Å². The molecular formula is C56H78F2N12O2. The van der Waals surface area contributed by atoms with Gasteiger partial charge in [0.1, 0.15) is 35.5 Å². The third-order valence-electron chi connectivity index (χ3n) is 15.5. The van der Waals surface area contributed by atoms with Gasteiger partial charge in [-0.3, -0.25) is 0 Å². The van der Waals surface area contributed by atoms with Gasteiger partial charge in [-0.1, -0.05) is 37.5 Å². The molecule has 0 bridgehead atoms. The van der Waals surface area contributed by atoms with Gasteiger partial charge in [-0.25, -0.2) is 18.7 Å². The summed E-state index contributed by atoms with van der Waals surface area (Å²) in [5, 5.41) is 9.25. The average molecular weight is 989 g/mol. The Hall–Kier alpha value is -5.26. The molecule has 0 aliphatic carbocycles. The number of ether oxygens (including phenoxy) is 2. The fourth-order valence-corrected chi connectivity index (χ4v) is 11.1. The third kappa shape index (κ3) is 13.3. The van der Waals surface area contributed by atoms with Gasteiger partial charge in [-0.15, -0.1) is 0 Å². The normalized spacial score (nSPS) is 21.6. The van der Waals surface area contributed by atoms with Gasteiger partial charge in [0.25, 0.3) is 0 Å². The quantitative estimate of drug-likeness (QED) is 0.120. The molecule has 2 N–H and O–H groups in total. The molecule has 388 valence electrons. The Morgan fingerprint density at radius 3 is 1.28 bits per heavy atom. The predicted octanol–water partition coefficient (Wildman–Crippen LogP) is 7.84. The maximum atomic E-state index is 14.0. The van der Waals surface area contributed by atoms with Crippen LogP contribution in [0.4, 0.5) is 32.3 Å². The Morgan fingerprint density at radius 2 is 0.931 bits per heavy atom. The van der Waals surface area contributed by atoms with E-state index in [4.69, 9.17) is 29.4 Å². The molecule has 6 aliphatic heterocycles. The Balaban J connectivity index is 0.000000178. The number of alkyl halides is 2. The summed E-state index contributed by atoms with van der Waals surface area (Å²) in [6.45, 7) is 19.7. The van der Waals surface area contributed by atoms with Crippen molar-refractivity contribution in [3.8, 4) is 35.2 Å². The Kier molecular flexibility index (Phi) is 18.0. The van der Waals surface area contributed by atoms with E-state index in [1.165, 1.54) is 51.9 Å². The van der Waals surface area contributed by atoms with E-state index < -0.39 is 12.3 Å². The molecule has 2 aromatic heterocycles. The molecule has 4 aromatic rings. The first-order chi connectivity index (χ1) is 35.2. The molecule has 2 aromatic carbocycles. The summed E-state index contributed by atoms with van der Waals surface area (Å²) in [5.74, 6) is 17.6. The lowest BCUT2D eigenvalue weighted by Crippen LogP contribution is -2.39. The van der Waals surface area contributed by atoms with Gasteiger partial charge in [0.05, 0.1) is 49.5 Å². The number of anilines is 4. The van der Waals surface area contributed by atoms with Crippen molar-refractivity contribution in [2.45, 2.75) is 115 Å². The van der Waals surface area contributed by atoms with Gasteiger partial charge in [0, 0.05) is 88.1 Å². The monoisotopic (exact) mass is 989 g/mol. The van der Waals surface area contributed by atoms with E-state index in [9.17, 15) is 8.78 Å². The van der Waals surface area contributed by atoms with Crippen molar-refractivity contribution in [3.63, 3.8) is 0 Å². The number of halogens is 2. The SMILES string of the molecule is CCN1CCC(Nc2nc(N3CC[C@H](F)C3)nc3cc(C#CCCN4CCCC4)c(OC)cc23)CC1.CCN1CCC(Nc2nc(N3CC[C@H](F)C3)nc3cc(C#CCCN4CCCC4)c(OC)cc23)CC1. The minimum atomic E-state index is -0.827. The van der Waals surface area contributed by atoms with Crippen molar-refractivity contribution in [1.29, 1.82) is 0 Å². The number of likely N-dealkylation sites (tertiary alicyclic amines) is 4. The van der Waals surface area contributed by atoms with Crippen LogP contribution in [0.25, 0.3) is 21.8 Å². The van der Waals surface area contributed by atoms with Gasteiger partial charge >= 0.3 is 0 Å². The van der Waals surface area contributed by atoms with Crippen molar-refractivity contribution in [2.24, 2.45) is 0 Å². The van der Waals surface area contributed by atoms with Crippen LogP contribution in [-0.4, -0.2) is 183 Å². The standard InChI is InChI=1S/2C28H39FN6O/c2*1-3-33-15-10-23(11-16-33)30-27-24-19-26(36-2)21(8-4-5-12-34-13-6-7-14-34)18-25(24)31-28(32-27)35-17-9-22(29)20-35/h2*18-19,22-23H,3,5-7,9-17,20H2,1-2H3,(H,30,31,32)/t2*22-/m00/s1. The van der Waals surface area contributed by atoms with Crippen LogP contribution in [0.1, 0.15) is 102 Å². The number of hydrogen-bond donors (Lipinski definition) is 2. The van der Waals surface area contributed by atoms with Crippen LogP contribution in [-0.2, 0) is 0 Å². The highest BCUT2D eigenvalue weighted by Gasteiger charge is 2.29. The zero-order valence-corrected chi connectivity index (χ0v) is 43.5. The smallest absolute Gasteiger partial charge is 0.227 e. The predicted molar refractivity (Wildman–Crippen MR) is 287 cm³/mol. The lowest BCUT2D eigenvalue weighted by molar-refractivity contribution is 0.229. The van der Waals surface area contributed by atoms with Crippen LogP contribution in [0.5, 0.6) is 11.5 Å². The summed E-state index contributed by atoms with van der Waals surface area (Å²) >= 11 is 0. The van der Waals surface area contributed by atoms with Gasteiger partial charge in [0.2, 0.25) is 11.9 Å². The summed E-state index contributed by atoms with van der Waals surface area (Å²) in [5.41, 5.74) is 3.31. The fourth-order valence-electron chi connectivity index (χ4n) is 11.1. The minimum absolute atomic E-state index is 0.346. The van der Waals surface area contributed by atoms with Crippen LogP contribution >= 0.6 is 0 Å². The van der Waals surface area contributed by atoms with Crippen molar-refractivity contribution in [2.75, 3.05) is 139 Å². The van der Waals surface area contributed by atoms with Crippen LogP contribution in [0.2, 0.25) is 0 Å². The first kappa shape index (κ1) is 51.6. The summed E-state index contributed by atoms with van der Waals surface area (Å²) in [6, 6.07) is 8.74. The molecule has 2 atom stereocenters. The fraction of sp³-hybridized carbons (Fsp3) is 0.643. The number of nitrogens with one attached hydrogen (secondary N) is 2. The summed E-state index contributed by atoms with van der Waals surface area (Å²) in [7, 11) is 3.37. The second-order valence-corrected chi connectivity index (χ2v) is 20.5. The summed E-state index contributed by atoms with van der Waals surface area (Å²) in [6.07, 6.45) is 10.5. The number of rotatable bonds is 14. The first-order valence-electron chi connectivity index (χ1n) is 27.2. The van der Waals surface area contributed by atoms with Gasteiger partial charge < -0.3 is 49.5 Å². The van der Waals surface area contributed by atoms with Crippen LogP contribution in [0, 0.1) is 23.7 Å². The number of benzene rings is 2.